The Kier molecular flexibility index (Phi) is 5.85. The predicted octanol–water partition coefficient (Wildman–Crippen LogP) is 4.32. The lowest BCUT2D eigenvalue weighted by atomic mass is 9.79. The molecule has 7 heteroatoms. The highest BCUT2D eigenvalue weighted by molar-refractivity contribution is 5.78. The SMILES string of the molecule is Cc1ccc(CC2CCC(C(=O)N3OCC[C@H]3c3cc(F)cc(F)c3)CC2)nn1. The van der Waals surface area contributed by atoms with Crippen molar-refractivity contribution in [3.63, 3.8) is 0 Å². The van der Waals surface area contributed by atoms with Gasteiger partial charge in [-0.3, -0.25) is 9.63 Å². The van der Waals surface area contributed by atoms with Crippen LogP contribution in [0.4, 0.5) is 8.78 Å². The maximum Gasteiger partial charge on any atom is 0.249 e. The van der Waals surface area contributed by atoms with E-state index in [-0.39, 0.29) is 11.8 Å². The van der Waals surface area contributed by atoms with Crippen molar-refractivity contribution in [1.82, 2.24) is 15.3 Å². The molecule has 1 saturated heterocycles. The molecule has 2 fully saturated rings. The summed E-state index contributed by atoms with van der Waals surface area (Å²) in [6.45, 7) is 2.29. The van der Waals surface area contributed by atoms with Crippen LogP contribution in [0, 0.1) is 30.4 Å². The highest BCUT2D eigenvalue weighted by Crippen LogP contribution is 2.37. The number of hydrogen-bond acceptors (Lipinski definition) is 4. The number of nitrogens with zero attached hydrogens (tertiary/aromatic N) is 3. The maximum absolute atomic E-state index is 13.6. The van der Waals surface area contributed by atoms with Gasteiger partial charge < -0.3 is 0 Å². The van der Waals surface area contributed by atoms with Gasteiger partial charge in [-0.15, -0.1) is 0 Å². The van der Waals surface area contributed by atoms with Gasteiger partial charge >= 0.3 is 0 Å². The van der Waals surface area contributed by atoms with Gasteiger partial charge in [-0.05, 0) is 74.8 Å². The molecular weight excluding hydrogens is 376 g/mol. The molecule has 4 rings (SSSR count). The van der Waals surface area contributed by atoms with Crippen LogP contribution in [-0.4, -0.2) is 27.8 Å². The lowest BCUT2D eigenvalue weighted by Crippen LogP contribution is -2.36. The molecule has 2 heterocycles. The zero-order valence-corrected chi connectivity index (χ0v) is 16.5. The van der Waals surface area contributed by atoms with Crippen molar-refractivity contribution >= 4 is 5.91 Å². The van der Waals surface area contributed by atoms with E-state index in [4.69, 9.17) is 4.84 Å². The van der Waals surface area contributed by atoms with Gasteiger partial charge in [0.05, 0.1) is 24.0 Å². The Morgan fingerprint density at radius 3 is 2.45 bits per heavy atom. The van der Waals surface area contributed by atoms with E-state index in [1.165, 1.54) is 17.2 Å². The molecular formula is C22H25F2N3O2. The van der Waals surface area contributed by atoms with E-state index < -0.39 is 17.7 Å². The van der Waals surface area contributed by atoms with Crippen molar-refractivity contribution < 1.29 is 18.4 Å². The molecule has 1 aliphatic heterocycles. The first-order valence-electron chi connectivity index (χ1n) is 10.2. The average Bonchev–Trinajstić information content (AvgIpc) is 3.19. The number of carbonyl (C=O) groups excluding carboxylic acids is 1. The van der Waals surface area contributed by atoms with E-state index in [2.05, 4.69) is 10.2 Å². The van der Waals surface area contributed by atoms with Gasteiger partial charge in [-0.1, -0.05) is 0 Å². The Morgan fingerprint density at radius 1 is 1.07 bits per heavy atom. The van der Waals surface area contributed by atoms with Crippen LogP contribution >= 0.6 is 0 Å². The van der Waals surface area contributed by atoms with Gasteiger partial charge in [-0.2, -0.15) is 10.2 Å². The van der Waals surface area contributed by atoms with Crippen LogP contribution in [0.15, 0.2) is 30.3 Å². The van der Waals surface area contributed by atoms with Crippen LogP contribution < -0.4 is 0 Å². The Morgan fingerprint density at radius 2 is 1.79 bits per heavy atom. The third-order valence-corrected chi connectivity index (χ3v) is 5.94. The smallest absolute Gasteiger partial charge is 0.249 e. The second-order valence-corrected chi connectivity index (χ2v) is 8.09. The summed E-state index contributed by atoms with van der Waals surface area (Å²) in [7, 11) is 0. The van der Waals surface area contributed by atoms with E-state index in [0.717, 1.165) is 49.6 Å². The standard InChI is InChI=1S/C22H25F2N3O2/c1-14-2-7-20(26-25-14)10-15-3-5-16(6-4-15)22(28)27-21(8-9-29-27)17-11-18(23)13-19(24)12-17/h2,7,11-13,15-16,21H,3-6,8-10H2,1H3/t15?,16?,21-/m0/s1. The minimum absolute atomic E-state index is 0.0780. The van der Waals surface area contributed by atoms with Gasteiger partial charge in [0, 0.05) is 18.4 Å². The molecule has 0 unspecified atom stereocenters. The largest absolute Gasteiger partial charge is 0.272 e. The lowest BCUT2D eigenvalue weighted by Gasteiger charge is -2.32. The third-order valence-electron chi connectivity index (χ3n) is 5.94. The molecule has 1 aliphatic carbocycles. The Hall–Kier alpha value is -2.41. The van der Waals surface area contributed by atoms with Crippen molar-refractivity contribution in [3.8, 4) is 0 Å². The van der Waals surface area contributed by atoms with Crippen molar-refractivity contribution in [3.05, 3.63) is 58.9 Å². The Balaban J connectivity index is 1.36. The maximum atomic E-state index is 13.6. The minimum atomic E-state index is -0.640. The fourth-order valence-corrected chi connectivity index (χ4v) is 4.38. The van der Waals surface area contributed by atoms with Gasteiger partial charge in [0.15, 0.2) is 0 Å². The van der Waals surface area contributed by atoms with E-state index in [9.17, 15) is 13.6 Å². The van der Waals surface area contributed by atoms with Gasteiger partial charge in [0.25, 0.3) is 0 Å². The van der Waals surface area contributed by atoms with Gasteiger partial charge in [0.1, 0.15) is 11.6 Å². The first-order chi connectivity index (χ1) is 14.0. The molecule has 0 radical (unpaired) electrons. The summed E-state index contributed by atoms with van der Waals surface area (Å²) in [4.78, 5) is 18.6. The first-order valence-corrected chi connectivity index (χ1v) is 10.2. The van der Waals surface area contributed by atoms with Crippen LogP contribution in [0.25, 0.3) is 0 Å². The number of aryl methyl sites for hydroxylation is 1. The number of rotatable bonds is 4. The minimum Gasteiger partial charge on any atom is -0.272 e. The predicted molar refractivity (Wildman–Crippen MR) is 102 cm³/mol. The van der Waals surface area contributed by atoms with Crippen molar-refractivity contribution in [1.29, 1.82) is 0 Å². The summed E-state index contributed by atoms with van der Waals surface area (Å²) >= 11 is 0. The number of aromatic nitrogens is 2. The van der Waals surface area contributed by atoms with Gasteiger partial charge in [-0.25, -0.2) is 13.8 Å². The molecule has 1 atom stereocenters. The first kappa shape index (κ1) is 19.9. The monoisotopic (exact) mass is 401 g/mol. The number of hydroxylamine groups is 2. The van der Waals surface area contributed by atoms with E-state index in [1.54, 1.807) is 0 Å². The lowest BCUT2D eigenvalue weighted by molar-refractivity contribution is -0.183. The molecule has 5 nitrogen and oxygen atoms in total. The molecule has 1 aromatic heterocycles. The van der Waals surface area contributed by atoms with Gasteiger partial charge in [0.2, 0.25) is 5.91 Å². The summed E-state index contributed by atoms with van der Waals surface area (Å²) in [5.74, 6) is -0.984. The summed E-state index contributed by atoms with van der Waals surface area (Å²) < 4.78 is 27.2. The topological polar surface area (TPSA) is 55.3 Å². The van der Waals surface area contributed by atoms with Crippen LogP contribution in [0.1, 0.15) is 55.1 Å². The normalized spacial score (nSPS) is 24.7. The molecule has 0 bridgehead atoms. The summed E-state index contributed by atoms with van der Waals surface area (Å²) in [6.07, 6.45) is 4.87. The zero-order valence-electron chi connectivity index (χ0n) is 16.5. The highest BCUT2D eigenvalue weighted by Gasteiger charge is 2.37. The van der Waals surface area contributed by atoms with E-state index >= 15 is 0 Å². The van der Waals surface area contributed by atoms with Crippen molar-refractivity contribution in [2.45, 2.75) is 51.5 Å². The quantitative estimate of drug-likeness (QED) is 0.766. The number of amides is 1. The zero-order chi connectivity index (χ0) is 20.4. The summed E-state index contributed by atoms with van der Waals surface area (Å²) in [6, 6.07) is 6.95. The number of benzene rings is 1. The average molecular weight is 401 g/mol. The fraction of sp³-hybridized carbons (Fsp3) is 0.500. The summed E-state index contributed by atoms with van der Waals surface area (Å²) in [5, 5.41) is 9.70. The van der Waals surface area contributed by atoms with Crippen LogP contribution in [0.5, 0.6) is 0 Å². The number of hydrogen-bond donors (Lipinski definition) is 0. The third kappa shape index (κ3) is 4.61. The van der Waals surface area contributed by atoms with Crippen LogP contribution in [0.2, 0.25) is 0 Å². The second-order valence-electron chi connectivity index (χ2n) is 8.09. The van der Waals surface area contributed by atoms with Crippen molar-refractivity contribution in [2.75, 3.05) is 6.61 Å². The molecule has 154 valence electrons. The number of carbonyl (C=O) groups is 1. The Labute approximate surface area is 169 Å². The van der Waals surface area contributed by atoms with Crippen LogP contribution in [0.3, 0.4) is 0 Å². The van der Waals surface area contributed by atoms with E-state index in [0.29, 0.717) is 24.5 Å². The molecule has 2 aliphatic rings. The van der Waals surface area contributed by atoms with E-state index in [1.807, 2.05) is 19.1 Å². The summed E-state index contributed by atoms with van der Waals surface area (Å²) in [5.41, 5.74) is 2.34. The molecule has 0 N–H and O–H groups in total. The Bertz CT molecular complexity index is 847. The van der Waals surface area contributed by atoms with Crippen LogP contribution in [-0.2, 0) is 16.1 Å². The molecule has 1 aromatic carbocycles. The van der Waals surface area contributed by atoms with Crippen molar-refractivity contribution in [2.24, 2.45) is 11.8 Å². The molecule has 1 amide bonds. The molecule has 0 spiro atoms. The molecule has 1 saturated carbocycles. The fourth-order valence-electron chi connectivity index (χ4n) is 4.38. The molecule has 2 aromatic rings. The number of halogens is 2. The highest BCUT2D eigenvalue weighted by atomic mass is 19.1. The second kappa shape index (κ2) is 8.53. The molecule has 29 heavy (non-hydrogen) atoms.